The highest BCUT2D eigenvalue weighted by Crippen LogP contribution is 2.19. The number of nitrogens with zero attached hydrogens (tertiary/aromatic N) is 2. The van der Waals surface area contributed by atoms with Gasteiger partial charge >= 0.3 is 0 Å². The average molecular weight is 324 g/mol. The van der Waals surface area contributed by atoms with Crippen LogP contribution in [0.3, 0.4) is 0 Å². The smallest absolute Gasteiger partial charge is 0.113 e. The first-order valence-corrected chi connectivity index (χ1v) is 8.22. The van der Waals surface area contributed by atoms with Crippen molar-refractivity contribution in [1.29, 1.82) is 0 Å². The molecule has 0 aliphatic carbocycles. The van der Waals surface area contributed by atoms with E-state index in [1.807, 2.05) is 0 Å². The molecule has 1 aliphatic heterocycles. The standard InChI is InChI=1S/C15H18ClN3OS/c16-14-9-18-15(21-14)10-17-13-3-1-12(2-4-13)11-19-5-7-20-8-6-19/h1-4,9,17H,5-8,10-11H2. The van der Waals surface area contributed by atoms with Crippen molar-refractivity contribution < 1.29 is 4.74 Å². The van der Waals surface area contributed by atoms with Crippen molar-refractivity contribution in [3.63, 3.8) is 0 Å². The molecule has 2 aromatic rings. The van der Waals surface area contributed by atoms with Crippen LogP contribution in [-0.2, 0) is 17.8 Å². The monoisotopic (exact) mass is 323 g/mol. The number of hydrogen-bond donors (Lipinski definition) is 1. The molecule has 0 bridgehead atoms. The molecule has 1 N–H and O–H groups in total. The average Bonchev–Trinajstić information content (AvgIpc) is 2.93. The van der Waals surface area contributed by atoms with Crippen LogP contribution >= 0.6 is 22.9 Å². The molecule has 0 unspecified atom stereocenters. The molecular weight excluding hydrogens is 306 g/mol. The van der Waals surface area contributed by atoms with Gasteiger partial charge in [0, 0.05) is 25.3 Å². The van der Waals surface area contributed by atoms with Crippen molar-refractivity contribution in [3.8, 4) is 0 Å². The second kappa shape index (κ2) is 7.22. The number of halogens is 1. The number of morpholine rings is 1. The van der Waals surface area contributed by atoms with Gasteiger partial charge in [0.1, 0.15) is 9.34 Å². The third-order valence-corrected chi connectivity index (χ3v) is 4.55. The maximum atomic E-state index is 5.87. The molecule has 0 radical (unpaired) electrons. The maximum absolute atomic E-state index is 5.87. The van der Waals surface area contributed by atoms with Crippen LogP contribution in [-0.4, -0.2) is 36.2 Å². The van der Waals surface area contributed by atoms with Gasteiger partial charge in [-0.15, -0.1) is 11.3 Å². The normalized spacial score (nSPS) is 16.0. The fourth-order valence-corrected chi connectivity index (χ4v) is 3.19. The molecule has 0 saturated carbocycles. The van der Waals surface area contributed by atoms with Gasteiger partial charge in [-0.25, -0.2) is 4.98 Å². The Hall–Kier alpha value is -1.14. The Balaban J connectivity index is 1.51. The molecule has 21 heavy (non-hydrogen) atoms. The first kappa shape index (κ1) is 14.8. The van der Waals surface area contributed by atoms with E-state index in [1.54, 1.807) is 6.20 Å². The summed E-state index contributed by atoms with van der Waals surface area (Å²) < 4.78 is 6.10. The highest BCUT2D eigenvalue weighted by atomic mass is 35.5. The summed E-state index contributed by atoms with van der Waals surface area (Å²) in [5.74, 6) is 0. The van der Waals surface area contributed by atoms with Gasteiger partial charge in [0.15, 0.2) is 0 Å². The van der Waals surface area contributed by atoms with Gasteiger partial charge < -0.3 is 10.1 Å². The number of aromatic nitrogens is 1. The van der Waals surface area contributed by atoms with E-state index >= 15 is 0 Å². The number of hydrogen-bond acceptors (Lipinski definition) is 5. The Morgan fingerprint density at radius 3 is 2.67 bits per heavy atom. The van der Waals surface area contributed by atoms with Crippen molar-refractivity contribution in [2.75, 3.05) is 31.6 Å². The lowest BCUT2D eigenvalue weighted by Crippen LogP contribution is -2.35. The molecule has 0 amide bonds. The van der Waals surface area contributed by atoms with E-state index in [0.29, 0.717) is 6.54 Å². The zero-order chi connectivity index (χ0) is 14.5. The van der Waals surface area contributed by atoms with Gasteiger partial charge in [-0.1, -0.05) is 23.7 Å². The largest absolute Gasteiger partial charge is 0.379 e. The van der Waals surface area contributed by atoms with Gasteiger partial charge in [0.2, 0.25) is 0 Å². The fraction of sp³-hybridized carbons (Fsp3) is 0.400. The van der Waals surface area contributed by atoms with Crippen LogP contribution in [0.2, 0.25) is 4.34 Å². The highest BCUT2D eigenvalue weighted by Gasteiger charge is 2.10. The minimum Gasteiger partial charge on any atom is -0.379 e. The number of anilines is 1. The van der Waals surface area contributed by atoms with Crippen LogP contribution in [0.25, 0.3) is 0 Å². The van der Waals surface area contributed by atoms with E-state index in [2.05, 4.69) is 39.5 Å². The van der Waals surface area contributed by atoms with Crippen LogP contribution in [0.1, 0.15) is 10.6 Å². The molecule has 2 heterocycles. The van der Waals surface area contributed by atoms with Crippen molar-refractivity contribution in [1.82, 2.24) is 9.88 Å². The molecule has 0 atom stereocenters. The van der Waals surface area contributed by atoms with Crippen LogP contribution in [0.4, 0.5) is 5.69 Å². The van der Waals surface area contributed by atoms with Gasteiger partial charge in [-0.05, 0) is 17.7 Å². The summed E-state index contributed by atoms with van der Waals surface area (Å²) in [6, 6.07) is 8.58. The van der Waals surface area contributed by atoms with Gasteiger partial charge in [0.05, 0.1) is 26.0 Å². The van der Waals surface area contributed by atoms with Crippen molar-refractivity contribution >= 4 is 28.6 Å². The Morgan fingerprint density at radius 2 is 2.00 bits per heavy atom. The summed E-state index contributed by atoms with van der Waals surface area (Å²) in [5.41, 5.74) is 2.44. The quantitative estimate of drug-likeness (QED) is 0.916. The molecule has 1 aromatic heterocycles. The third-order valence-electron chi connectivity index (χ3n) is 3.43. The van der Waals surface area contributed by atoms with Gasteiger partial charge in [0.25, 0.3) is 0 Å². The number of thiazole rings is 1. The van der Waals surface area contributed by atoms with E-state index < -0.39 is 0 Å². The Morgan fingerprint density at radius 1 is 1.24 bits per heavy atom. The Labute approximate surface area is 133 Å². The number of ether oxygens (including phenoxy) is 1. The number of rotatable bonds is 5. The maximum Gasteiger partial charge on any atom is 0.113 e. The molecule has 3 rings (SSSR count). The lowest BCUT2D eigenvalue weighted by atomic mass is 10.2. The second-order valence-corrected chi connectivity index (χ2v) is 6.74. The summed E-state index contributed by atoms with van der Waals surface area (Å²) >= 11 is 7.38. The predicted molar refractivity (Wildman–Crippen MR) is 87.0 cm³/mol. The lowest BCUT2D eigenvalue weighted by Gasteiger charge is -2.26. The minimum atomic E-state index is 0.709. The summed E-state index contributed by atoms with van der Waals surface area (Å²) in [6.45, 7) is 5.42. The molecule has 4 nitrogen and oxygen atoms in total. The first-order chi connectivity index (χ1) is 10.3. The number of nitrogens with one attached hydrogen (secondary N) is 1. The van der Waals surface area contributed by atoms with Gasteiger partial charge in [-0.2, -0.15) is 0 Å². The van der Waals surface area contributed by atoms with E-state index in [4.69, 9.17) is 16.3 Å². The van der Waals surface area contributed by atoms with E-state index in [0.717, 1.165) is 47.9 Å². The SMILES string of the molecule is Clc1cnc(CNc2ccc(CN3CCOCC3)cc2)s1. The van der Waals surface area contributed by atoms with Gasteiger partial charge in [-0.3, -0.25) is 4.90 Å². The Kier molecular flexibility index (Phi) is 5.08. The molecule has 0 spiro atoms. The Bertz CT molecular complexity index is 567. The van der Waals surface area contributed by atoms with Crippen LogP contribution in [0.5, 0.6) is 0 Å². The lowest BCUT2D eigenvalue weighted by molar-refractivity contribution is 0.0342. The van der Waals surface area contributed by atoms with Crippen LogP contribution in [0.15, 0.2) is 30.5 Å². The zero-order valence-corrected chi connectivity index (χ0v) is 13.3. The molecule has 112 valence electrons. The van der Waals surface area contributed by atoms with Crippen molar-refractivity contribution in [2.45, 2.75) is 13.1 Å². The topological polar surface area (TPSA) is 37.4 Å². The highest BCUT2D eigenvalue weighted by molar-refractivity contribution is 7.15. The van der Waals surface area contributed by atoms with E-state index in [-0.39, 0.29) is 0 Å². The molecule has 6 heteroatoms. The summed E-state index contributed by atoms with van der Waals surface area (Å²) in [5, 5.41) is 4.36. The first-order valence-electron chi connectivity index (χ1n) is 7.03. The van der Waals surface area contributed by atoms with E-state index in [1.165, 1.54) is 16.9 Å². The molecular formula is C15H18ClN3OS. The van der Waals surface area contributed by atoms with Crippen molar-refractivity contribution in [2.24, 2.45) is 0 Å². The minimum absolute atomic E-state index is 0.709. The summed E-state index contributed by atoms with van der Waals surface area (Å²) in [7, 11) is 0. The van der Waals surface area contributed by atoms with Crippen LogP contribution in [0, 0.1) is 0 Å². The molecule has 1 fully saturated rings. The summed E-state index contributed by atoms with van der Waals surface area (Å²) in [6.07, 6.45) is 1.69. The predicted octanol–water partition coefficient (Wildman–Crippen LogP) is 3.24. The summed E-state index contributed by atoms with van der Waals surface area (Å²) in [4.78, 5) is 6.65. The fourth-order valence-electron chi connectivity index (χ4n) is 2.29. The number of benzene rings is 1. The van der Waals surface area contributed by atoms with Crippen LogP contribution < -0.4 is 5.32 Å². The second-order valence-electron chi connectivity index (χ2n) is 5.00. The third kappa shape index (κ3) is 4.41. The van der Waals surface area contributed by atoms with E-state index in [9.17, 15) is 0 Å². The molecule has 1 aliphatic rings. The molecule has 1 saturated heterocycles. The zero-order valence-electron chi connectivity index (χ0n) is 11.7. The molecule has 1 aromatic carbocycles. The van der Waals surface area contributed by atoms with Crippen molar-refractivity contribution in [3.05, 3.63) is 45.4 Å².